The second-order valence-corrected chi connectivity index (χ2v) is 10.9. The summed E-state index contributed by atoms with van der Waals surface area (Å²) in [6.45, 7) is 0.619. The predicted octanol–water partition coefficient (Wildman–Crippen LogP) is 3.01. The van der Waals surface area contributed by atoms with Crippen LogP contribution < -0.4 is 21.3 Å². The highest BCUT2D eigenvalue weighted by atomic mass is 35.5. The summed E-state index contributed by atoms with van der Waals surface area (Å²) in [7, 11) is 3.78. The Balaban J connectivity index is 0.00000423. The molecule has 2 aromatic carbocycles. The van der Waals surface area contributed by atoms with Crippen LogP contribution in [0, 0.1) is 11.8 Å². The van der Waals surface area contributed by atoms with Crippen LogP contribution in [0.2, 0.25) is 0 Å². The maximum atomic E-state index is 14.1. The van der Waals surface area contributed by atoms with Gasteiger partial charge < -0.3 is 16.4 Å². The Hall–Kier alpha value is -4.42. The summed E-state index contributed by atoms with van der Waals surface area (Å²) in [5.41, 5.74) is 15.9. The molecule has 5 rings (SSSR count). The minimum absolute atomic E-state index is 0. The van der Waals surface area contributed by atoms with Crippen LogP contribution in [0.1, 0.15) is 31.2 Å². The molecule has 13 heteroatoms. The molecule has 2 aromatic heterocycles. The third kappa shape index (κ3) is 7.33. The summed E-state index contributed by atoms with van der Waals surface area (Å²) in [6, 6.07) is 14.1. The number of amides is 2. The zero-order valence-electron chi connectivity index (χ0n) is 24.3. The van der Waals surface area contributed by atoms with E-state index in [9.17, 15) is 9.59 Å². The number of carbonyl (C=O) groups excluding carboxylic acids is 2. The maximum Gasteiger partial charge on any atom is 0.240 e. The number of nitrogens with two attached hydrogens (primary N) is 2. The molecule has 4 aromatic rings. The lowest BCUT2D eigenvalue weighted by Gasteiger charge is -2.35. The van der Waals surface area contributed by atoms with Gasteiger partial charge in [-0.15, -0.1) is 22.6 Å². The van der Waals surface area contributed by atoms with E-state index >= 15 is 0 Å². The van der Waals surface area contributed by atoms with Crippen LogP contribution in [0.5, 0.6) is 0 Å². The third-order valence-corrected chi connectivity index (χ3v) is 7.91. The first-order valence-electron chi connectivity index (χ1n) is 14.1. The van der Waals surface area contributed by atoms with Gasteiger partial charge in [0, 0.05) is 55.6 Å². The number of benzene rings is 2. The highest BCUT2D eigenvalue weighted by Crippen LogP contribution is 2.33. The largest absolute Gasteiger partial charge is 0.368 e. The number of hydrogen-bond donors (Lipinski definition) is 3. The highest BCUT2D eigenvalue weighted by molar-refractivity contribution is 6.01. The van der Waals surface area contributed by atoms with Crippen molar-refractivity contribution < 1.29 is 9.59 Å². The van der Waals surface area contributed by atoms with Gasteiger partial charge in [-0.05, 0) is 78.8 Å². The second-order valence-electron chi connectivity index (χ2n) is 10.9. The second kappa shape index (κ2) is 14.2. The van der Waals surface area contributed by atoms with Crippen LogP contribution in [-0.2, 0) is 16.0 Å². The van der Waals surface area contributed by atoms with Crippen molar-refractivity contribution in [1.82, 2.24) is 30.6 Å². The summed E-state index contributed by atoms with van der Waals surface area (Å²) in [6.07, 6.45) is 7.06. The normalized spacial score (nSPS) is 17.0. The number of nitrogens with zero attached hydrogens (tertiary/aromatic N) is 7. The number of anilines is 2. The van der Waals surface area contributed by atoms with Crippen molar-refractivity contribution in [2.24, 2.45) is 23.3 Å². The lowest BCUT2D eigenvalue weighted by atomic mass is 9.81. The summed E-state index contributed by atoms with van der Waals surface area (Å²) in [4.78, 5) is 39.3. The third-order valence-electron chi connectivity index (χ3n) is 7.91. The van der Waals surface area contributed by atoms with Gasteiger partial charge >= 0.3 is 0 Å². The van der Waals surface area contributed by atoms with E-state index in [0.717, 1.165) is 47.9 Å². The molecule has 1 aliphatic rings. The van der Waals surface area contributed by atoms with E-state index in [1.807, 2.05) is 55.4 Å². The molecule has 5 N–H and O–H groups in total. The zero-order chi connectivity index (χ0) is 29.6. The first-order chi connectivity index (χ1) is 20.3. The van der Waals surface area contributed by atoms with Crippen LogP contribution in [0.25, 0.3) is 22.5 Å². The van der Waals surface area contributed by atoms with Crippen LogP contribution in [0.3, 0.4) is 0 Å². The van der Waals surface area contributed by atoms with E-state index in [4.69, 9.17) is 11.5 Å². The van der Waals surface area contributed by atoms with Gasteiger partial charge in [0.2, 0.25) is 23.6 Å². The molecule has 0 saturated heterocycles. The van der Waals surface area contributed by atoms with Gasteiger partial charge in [0.15, 0.2) is 0 Å². The Bertz CT molecular complexity index is 1470. The minimum atomic E-state index is -0.880. The van der Waals surface area contributed by atoms with E-state index in [0.29, 0.717) is 29.9 Å². The van der Waals surface area contributed by atoms with Crippen molar-refractivity contribution in [3.8, 4) is 22.5 Å². The van der Waals surface area contributed by atoms with E-state index in [1.54, 1.807) is 29.4 Å². The molecule has 12 nitrogen and oxygen atoms in total. The number of H-pyrrole nitrogens is 1. The molecule has 1 saturated carbocycles. The van der Waals surface area contributed by atoms with Crippen LogP contribution in [-0.4, -0.2) is 69.1 Å². The molecule has 43 heavy (non-hydrogen) atoms. The van der Waals surface area contributed by atoms with E-state index < -0.39 is 11.9 Å². The van der Waals surface area contributed by atoms with Gasteiger partial charge in [0.1, 0.15) is 6.04 Å². The summed E-state index contributed by atoms with van der Waals surface area (Å²) in [5.74, 6) is 0.610. The fourth-order valence-corrected chi connectivity index (χ4v) is 5.43. The molecule has 1 atom stereocenters. The monoisotopic (exact) mass is 604 g/mol. The molecule has 2 heterocycles. The SMILES string of the molecule is CN(C)c1ncc(-c2ccc(C[C@@H](C(N)=O)N(c3ccc(-c4nn[nH]n4)cc3)C(=O)[C@H]3CC[C@H](CN)CC3)cc2)cn1.Cl. The summed E-state index contributed by atoms with van der Waals surface area (Å²) in [5, 5.41) is 14.1. The molecule has 0 unspecified atom stereocenters. The summed E-state index contributed by atoms with van der Waals surface area (Å²) >= 11 is 0. The average molecular weight is 605 g/mol. The molecule has 2 amide bonds. The van der Waals surface area contributed by atoms with Crippen molar-refractivity contribution in [2.45, 2.75) is 38.1 Å². The molecule has 0 aliphatic heterocycles. The number of carbonyl (C=O) groups is 2. The smallest absolute Gasteiger partial charge is 0.240 e. The number of halogens is 1. The van der Waals surface area contributed by atoms with E-state index in [1.165, 1.54) is 0 Å². The maximum absolute atomic E-state index is 14.1. The molecule has 226 valence electrons. The van der Waals surface area contributed by atoms with Gasteiger partial charge in [-0.25, -0.2) is 9.97 Å². The van der Waals surface area contributed by atoms with Gasteiger partial charge in [-0.2, -0.15) is 5.21 Å². The van der Waals surface area contributed by atoms with Gasteiger partial charge in [0.25, 0.3) is 0 Å². The molecule has 1 fully saturated rings. The molecule has 0 bridgehead atoms. The highest BCUT2D eigenvalue weighted by Gasteiger charge is 2.36. The Morgan fingerprint density at radius 1 is 0.930 bits per heavy atom. The topological polar surface area (TPSA) is 173 Å². The molecule has 0 radical (unpaired) electrons. The van der Waals surface area contributed by atoms with Crippen molar-refractivity contribution in [2.75, 3.05) is 30.4 Å². The van der Waals surface area contributed by atoms with Crippen LogP contribution >= 0.6 is 12.4 Å². The van der Waals surface area contributed by atoms with Crippen molar-refractivity contribution in [3.63, 3.8) is 0 Å². The number of aromatic nitrogens is 6. The summed E-state index contributed by atoms with van der Waals surface area (Å²) < 4.78 is 0. The van der Waals surface area contributed by atoms with E-state index in [-0.39, 0.29) is 30.7 Å². The Labute approximate surface area is 256 Å². The number of aromatic amines is 1. The molecular weight excluding hydrogens is 568 g/mol. The van der Waals surface area contributed by atoms with Gasteiger partial charge in [-0.3, -0.25) is 14.5 Å². The van der Waals surface area contributed by atoms with Gasteiger partial charge in [-0.1, -0.05) is 24.3 Å². The molecule has 0 spiro atoms. The first kappa shape index (κ1) is 31.5. The number of rotatable bonds is 10. The Morgan fingerprint density at radius 3 is 2.09 bits per heavy atom. The van der Waals surface area contributed by atoms with E-state index in [2.05, 4.69) is 30.6 Å². The predicted molar refractivity (Wildman–Crippen MR) is 167 cm³/mol. The fraction of sp³-hybridized carbons (Fsp3) is 0.367. The fourth-order valence-electron chi connectivity index (χ4n) is 5.43. The van der Waals surface area contributed by atoms with Crippen LogP contribution in [0.15, 0.2) is 60.9 Å². The Morgan fingerprint density at radius 2 is 1.56 bits per heavy atom. The molecular formula is C30H37ClN10O2. The average Bonchev–Trinajstić information content (AvgIpc) is 3.57. The number of primary amides is 1. The van der Waals surface area contributed by atoms with Gasteiger partial charge in [0.05, 0.1) is 0 Å². The Kier molecular flexibility index (Phi) is 10.4. The lowest BCUT2D eigenvalue weighted by molar-refractivity contribution is -0.127. The zero-order valence-corrected chi connectivity index (χ0v) is 25.1. The van der Waals surface area contributed by atoms with Crippen molar-refractivity contribution >= 4 is 35.9 Å². The lowest BCUT2D eigenvalue weighted by Crippen LogP contribution is -2.52. The minimum Gasteiger partial charge on any atom is -0.368 e. The van der Waals surface area contributed by atoms with Crippen molar-refractivity contribution in [1.29, 1.82) is 0 Å². The number of hydrogen-bond acceptors (Lipinski definition) is 9. The van der Waals surface area contributed by atoms with Crippen molar-refractivity contribution in [3.05, 3.63) is 66.5 Å². The quantitative estimate of drug-likeness (QED) is 0.246. The molecule has 1 aliphatic carbocycles. The van der Waals surface area contributed by atoms with Crippen LogP contribution in [0.4, 0.5) is 11.6 Å². The number of nitrogens with one attached hydrogen (secondary N) is 1. The number of tetrazole rings is 1. The standard InChI is InChI=1S/C30H36N10O2.ClH/c1-39(2)30-33-17-24(18-34-30)21-7-3-19(4-8-21)15-26(27(32)41)40(29(42)23-9-5-20(16-31)6-10-23)25-13-11-22(12-14-25)28-35-37-38-36-28;/h3-4,7-8,11-14,17-18,20,23,26H,5-6,9-10,15-16,31H2,1-2H3,(H2,32,41)(H,35,36,37,38);1H/t20-,23-,26-;/m0./s1. The first-order valence-corrected chi connectivity index (χ1v) is 14.1.